The van der Waals surface area contributed by atoms with Gasteiger partial charge in [0.2, 0.25) is 0 Å². The molecule has 49 heavy (non-hydrogen) atoms. The molecule has 0 unspecified atom stereocenters. The van der Waals surface area contributed by atoms with Gasteiger partial charge in [-0.25, -0.2) is 13.6 Å². The zero-order chi connectivity index (χ0) is 35.6. The van der Waals surface area contributed by atoms with Crippen molar-refractivity contribution in [3.63, 3.8) is 0 Å². The first-order valence-electron chi connectivity index (χ1n) is 14.7. The standard InChI is InChI=1S/C35H31BrF2N4O7/c1-35(2,3)30-29(33(44)42(20-9-6-18(37)7-10-20)24(31(30)36)17-48-34(39)45)32(43)41-19-8-11-26(22(38)14-19)49-25-12-13-40-23-16-28(47-5)27(46-4)15-21(23)25/h6-16H,17H2,1-5H3,(H2,39,45)(H,41,43). The summed E-state index contributed by atoms with van der Waals surface area (Å²) in [5, 5.41) is 3.15. The molecule has 0 fully saturated rings. The first kappa shape index (κ1) is 34.8. The predicted octanol–water partition coefficient (Wildman–Crippen LogP) is 7.38. The highest BCUT2D eigenvalue weighted by atomic mass is 79.9. The fourth-order valence-corrected chi connectivity index (χ4v) is 6.33. The van der Waals surface area contributed by atoms with Crippen molar-refractivity contribution in [3.8, 4) is 28.7 Å². The molecular formula is C35H31BrF2N4O7. The van der Waals surface area contributed by atoms with Crippen molar-refractivity contribution in [2.24, 2.45) is 5.73 Å². The molecule has 2 aromatic heterocycles. The number of amides is 2. The number of carbonyl (C=O) groups excluding carboxylic acids is 2. The summed E-state index contributed by atoms with van der Waals surface area (Å²) in [7, 11) is 2.99. The van der Waals surface area contributed by atoms with Gasteiger partial charge in [0.1, 0.15) is 23.7 Å². The van der Waals surface area contributed by atoms with E-state index in [9.17, 15) is 18.8 Å². The molecule has 0 bridgehead atoms. The van der Waals surface area contributed by atoms with E-state index in [1.54, 1.807) is 39.0 Å². The molecule has 0 spiro atoms. The summed E-state index contributed by atoms with van der Waals surface area (Å²) in [6.07, 6.45) is 0.418. The van der Waals surface area contributed by atoms with Crippen LogP contribution in [-0.2, 0) is 16.8 Å². The Bertz CT molecular complexity index is 2150. The average molecular weight is 738 g/mol. The molecule has 0 aliphatic carbocycles. The number of ether oxygens (including phenoxy) is 4. The Morgan fingerprint density at radius 3 is 2.22 bits per heavy atom. The summed E-state index contributed by atoms with van der Waals surface area (Å²) in [6.45, 7) is 4.91. The largest absolute Gasteiger partial charge is 0.493 e. The Morgan fingerprint density at radius 2 is 1.61 bits per heavy atom. The maximum absolute atomic E-state index is 15.5. The number of hydrogen-bond donors (Lipinski definition) is 2. The van der Waals surface area contributed by atoms with Crippen molar-refractivity contribution in [1.82, 2.24) is 9.55 Å². The molecule has 5 rings (SSSR count). The van der Waals surface area contributed by atoms with Gasteiger partial charge in [-0.05, 0) is 75.4 Å². The van der Waals surface area contributed by atoms with Gasteiger partial charge in [-0.3, -0.25) is 19.1 Å². The van der Waals surface area contributed by atoms with Gasteiger partial charge in [0, 0.05) is 39.6 Å². The minimum Gasteiger partial charge on any atom is -0.493 e. The number of aromatic nitrogens is 2. The third-order valence-electron chi connectivity index (χ3n) is 7.44. The molecule has 2 amide bonds. The molecule has 14 heteroatoms. The van der Waals surface area contributed by atoms with Crippen molar-refractivity contribution < 1.29 is 37.3 Å². The topological polar surface area (TPSA) is 144 Å². The van der Waals surface area contributed by atoms with Gasteiger partial charge in [0.25, 0.3) is 11.5 Å². The summed E-state index contributed by atoms with van der Waals surface area (Å²) in [4.78, 5) is 43.9. The number of nitrogens with two attached hydrogens (primary N) is 1. The zero-order valence-electron chi connectivity index (χ0n) is 27.0. The van der Waals surface area contributed by atoms with Crippen molar-refractivity contribution in [1.29, 1.82) is 0 Å². The smallest absolute Gasteiger partial charge is 0.404 e. The number of carbonyl (C=O) groups is 2. The number of anilines is 1. The van der Waals surface area contributed by atoms with Crippen LogP contribution < -0.4 is 30.8 Å². The summed E-state index contributed by atoms with van der Waals surface area (Å²) in [5.41, 5.74) is 4.52. The summed E-state index contributed by atoms with van der Waals surface area (Å²) in [6, 6.07) is 13.7. The number of primary amides is 1. The molecule has 3 aromatic carbocycles. The van der Waals surface area contributed by atoms with Crippen LogP contribution in [0.4, 0.5) is 19.3 Å². The van der Waals surface area contributed by atoms with E-state index in [-0.39, 0.29) is 38.4 Å². The third kappa shape index (κ3) is 7.18. The van der Waals surface area contributed by atoms with Gasteiger partial charge in [-0.15, -0.1) is 0 Å². The molecule has 0 aliphatic rings. The number of halogens is 3. The van der Waals surface area contributed by atoms with Gasteiger partial charge in [0.15, 0.2) is 23.1 Å². The minimum atomic E-state index is -1.09. The van der Waals surface area contributed by atoms with Crippen LogP contribution in [0.1, 0.15) is 42.4 Å². The molecule has 5 aromatic rings. The summed E-state index contributed by atoms with van der Waals surface area (Å²) < 4.78 is 52.4. The second-order valence-corrected chi connectivity index (χ2v) is 12.5. The molecule has 0 aliphatic heterocycles. The molecule has 2 heterocycles. The molecule has 3 N–H and O–H groups in total. The maximum Gasteiger partial charge on any atom is 0.404 e. The lowest BCUT2D eigenvalue weighted by Crippen LogP contribution is -2.36. The maximum atomic E-state index is 15.5. The molecule has 254 valence electrons. The van der Waals surface area contributed by atoms with Crippen LogP contribution in [0.2, 0.25) is 0 Å². The van der Waals surface area contributed by atoms with Crippen molar-refractivity contribution >= 4 is 44.5 Å². The van der Waals surface area contributed by atoms with Crippen LogP contribution in [0, 0.1) is 11.6 Å². The van der Waals surface area contributed by atoms with Crippen LogP contribution in [0.15, 0.2) is 76.1 Å². The zero-order valence-corrected chi connectivity index (χ0v) is 28.6. The lowest BCUT2D eigenvalue weighted by Gasteiger charge is -2.27. The van der Waals surface area contributed by atoms with E-state index in [4.69, 9.17) is 24.7 Å². The van der Waals surface area contributed by atoms with Gasteiger partial charge < -0.3 is 30.0 Å². The number of nitrogens with zero attached hydrogens (tertiary/aromatic N) is 2. The molecule has 0 radical (unpaired) electrons. The fraction of sp³-hybridized carbons (Fsp3) is 0.200. The first-order chi connectivity index (χ1) is 23.2. The highest BCUT2D eigenvalue weighted by Crippen LogP contribution is 2.38. The molecule has 0 atom stereocenters. The Hall–Kier alpha value is -5.50. The van der Waals surface area contributed by atoms with Crippen LogP contribution in [0.5, 0.6) is 23.0 Å². The van der Waals surface area contributed by atoms with Gasteiger partial charge in [-0.1, -0.05) is 20.8 Å². The molecule has 0 saturated heterocycles. The Labute approximate surface area is 287 Å². The monoisotopic (exact) mass is 736 g/mol. The lowest BCUT2D eigenvalue weighted by molar-refractivity contribution is 0.102. The van der Waals surface area contributed by atoms with Gasteiger partial charge in [0.05, 0.1) is 25.4 Å². The van der Waals surface area contributed by atoms with Crippen molar-refractivity contribution in [3.05, 3.63) is 110 Å². The van der Waals surface area contributed by atoms with Gasteiger partial charge >= 0.3 is 6.09 Å². The third-order valence-corrected chi connectivity index (χ3v) is 8.29. The Morgan fingerprint density at radius 1 is 0.939 bits per heavy atom. The SMILES string of the molecule is COc1cc2nccc(Oc3ccc(NC(=O)c4c(C(C)(C)C)c(Br)c(COC(N)=O)n(-c5ccc(F)cc5)c4=O)cc3F)c2cc1OC. The van der Waals surface area contributed by atoms with Crippen LogP contribution in [-0.4, -0.2) is 35.8 Å². The highest BCUT2D eigenvalue weighted by molar-refractivity contribution is 9.10. The van der Waals surface area contributed by atoms with E-state index in [0.717, 1.165) is 22.8 Å². The van der Waals surface area contributed by atoms with E-state index >= 15 is 4.39 Å². The van der Waals surface area contributed by atoms with Crippen LogP contribution in [0.25, 0.3) is 16.6 Å². The minimum absolute atomic E-state index is 0.0331. The van der Waals surface area contributed by atoms with Crippen molar-refractivity contribution in [2.75, 3.05) is 19.5 Å². The second-order valence-electron chi connectivity index (χ2n) is 11.7. The fourth-order valence-electron chi connectivity index (χ4n) is 5.25. The molecule has 0 saturated carbocycles. The second kappa shape index (κ2) is 13.9. The van der Waals surface area contributed by atoms with E-state index in [1.165, 1.54) is 44.7 Å². The number of nitrogens with one attached hydrogen (secondary N) is 1. The van der Waals surface area contributed by atoms with Crippen molar-refractivity contribution in [2.45, 2.75) is 32.8 Å². The highest BCUT2D eigenvalue weighted by Gasteiger charge is 2.32. The Balaban J connectivity index is 1.54. The van der Waals surface area contributed by atoms with E-state index in [2.05, 4.69) is 26.2 Å². The number of hydrogen-bond acceptors (Lipinski definition) is 8. The van der Waals surface area contributed by atoms with Gasteiger partial charge in [-0.2, -0.15) is 0 Å². The number of fused-ring (bicyclic) bond motifs is 1. The van der Waals surface area contributed by atoms with Crippen LogP contribution >= 0.6 is 15.9 Å². The lowest BCUT2D eigenvalue weighted by atomic mass is 9.83. The number of pyridine rings is 2. The average Bonchev–Trinajstić information content (AvgIpc) is 3.05. The normalized spacial score (nSPS) is 11.3. The number of rotatable bonds is 9. The quantitative estimate of drug-likeness (QED) is 0.160. The Kier molecular flexibility index (Phi) is 9.90. The molecular weight excluding hydrogens is 706 g/mol. The predicted molar refractivity (Wildman–Crippen MR) is 182 cm³/mol. The molecule has 11 nitrogen and oxygen atoms in total. The van der Waals surface area contributed by atoms with E-state index in [1.807, 2.05) is 0 Å². The van der Waals surface area contributed by atoms with Crippen LogP contribution in [0.3, 0.4) is 0 Å². The first-order valence-corrected chi connectivity index (χ1v) is 15.5. The number of methoxy groups -OCH3 is 2. The summed E-state index contributed by atoms with van der Waals surface area (Å²) >= 11 is 3.51. The summed E-state index contributed by atoms with van der Waals surface area (Å²) in [5.74, 6) is -1.16. The van der Waals surface area contributed by atoms with E-state index < -0.39 is 41.2 Å². The van der Waals surface area contributed by atoms with E-state index in [0.29, 0.717) is 28.2 Å². The number of benzene rings is 3.